The van der Waals surface area contributed by atoms with Gasteiger partial charge in [0.05, 0.1) is 12.2 Å². The number of thiazole rings is 1. The lowest BCUT2D eigenvalue weighted by atomic mass is 10.0. The van der Waals surface area contributed by atoms with Gasteiger partial charge in [-0.15, -0.1) is 11.3 Å². The fourth-order valence-corrected chi connectivity index (χ4v) is 4.19. The van der Waals surface area contributed by atoms with Crippen LogP contribution in [0.4, 0.5) is 0 Å². The summed E-state index contributed by atoms with van der Waals surface area (Å²) in [5, 5.41) is 4.65. The average molecular weight is 321 g/mol. The number of nitrogens with one attached hydrogen (secondary N) is 1. The van der Waals surface area contributed by atoms with E-state index >= 15 is 0 Å². The largest absolute Gasteiger partial charge is 0.357 e. The summed E-state index contributed by atoms with van der Waals surface area (Å²) >= 11 is 1.90. The second-order valence-corrected chi connectivity index (χ2v) is 7.68. The van der Waals surface area contributed by atoms with Gasteiger partial charge in [0.15, 0.2) is 5.96 Å². The van der Waals surface area contributed by atoms with E-state index in [1.807, 2.05) is 11.3 Å². The summed E-state index contributed by atoms with van der Waals surface area (Å²) in [7, 11) is 2.12. The molecule has 0 bridgehead atoms. The number of hydrogen-bond donors (Lipinski definition) is 1. The zero-order valence-corrected chi connectivity index (χ0v) is 14.7. The minimum Gasteiger partial charge on any atom is -0.357 e. The number of hydrogen-bond acceptors (Lipinski definition) is 3. The van der Waals surface area contributed by atoms with Crippen molar-refractivity contribution in [2.75, 3.05) is 20.1 Å². The van der Waals surface area contributed by atoms with Crippen LogP contribution in [-0.2, 0) is 19.4 Å². The highest BCUT2D eigenvalue weighted by Crippen LogP contribution is 2.32. The molecule has 1 saturated carbocycles. The third kappa shape index (κ3) is 4.22. The molecule has 122 valence electrons. The highest BCUT2D eigenvalue weighted by Gasteiger charge is 2.20. The van der Waals surface area contributed by atoms with E-state index in [1.165, 1.54) is 60.5 Å². The second kappa shape index (κ2) is 7.44. The van der Waals surface area contributed by atoms with Crippen LogP contribution in [-0.4, -0.2) is 36.0 Å². The van der Waals surface area contributed by atoms with E-state index in [0.29, 0.717) is 0 Å². The molecule has 0 aliphatic heterocycles. The van der Waals surface area contributed by atoms with Crippen molar-refractivity contribution in [2.45, 2.75) is 58.4 Å². The molecule has 0 amide bonds. The number of rotatable bonds is 6. The van der Waals surface area contributed by atoms with Gasteiger partial charge in [-0.05, 0) is 44.9 Å². The first-order chi connectivity index (χ1) is 10.8. The first-order valence-electron chi connectivity index (χ1n) is 8.73. The molecule has 0 saturated heterocycles. The number of aromatic nitrogens is 1. The molecule has 1 heterocycles. The minimum absolute atomic E-state index is 0.868. The molecule has 1 aromatic rings. The Morgan fingerprint density at radius 3 is 2.91 bits per heavy atom. The predicted octanol–water partition coefficient (Wildman–Crippen LogP) is 3.22. The Hall–Kier alpha value is -1.10. The van der Waals surface area contributed by atoms with Gasteiger partial charge in [-0.1, -0.05) is 12.8 Å². The smallest absolute Gasteiger partial charge is 0.194 e. The van der Waals surface area contributed by atoms with E-state index < -0.39 is 0 Å². The van der Waals surface area contributed by atoms with Gasteiger partial charge in [0.25, 0.3) is 0 Å². The Balaban J connectivity index is 1.59. The van der Waals surface area contributed by atoms with Crippen LogP contribution in [0.25, 0.3) is 0 Å². The Kier molecular flexibility index (Phi) is 5.34. The maximum Gasteiger partial charge on any atom is 0.194 e. The Morgan fingerprint density at radius 1 is 1.36 bits per heavy atom. The molecule has 3 rings (SSSR count). The van der Waals surface area contributed by atoms with Crippen LogP contribution in [0.2, 0.25) is 0 Å². The number of fused-ring (bicyclic) bond motifs is 1. The fourth-order valence-electron chi connectivity index (χ4n) is 2.98. The average Bonchev–Trinajstić information content (AvgIpc) is 3.24. The van der Waals surface area contributed by atoms with Crippen LogP contribution in [0.15, 0.2) is 4.99 Å². The highest BCUT2D eigenvalue weighted by molar-refractivity contribution is 7.11. The molecule has 5 heteroatoms. The highest BCUT2D eigenvalue weighted by atomic mass is 32.1. The molecule has 2 aliphatic rings. The lowest BCUT2D eigenvalue weighted by Gasteiger charge is -2.21. The first kappa shape index (κ1) is 15.8. The van der Waals surface area contributed by atoms with E-state index in [0.717, 1.165) is 31.5 Å². The molecule has 4 nitrogen and oxygen atoms in total. The molecule has 1 N–H and O–H groups in total. The predicted molar refractivity (Wildman–Crippen MR) is 93.5 cm³/mol. The van der Waals surface area contributed by atoms with Gasteiger partial charge in [0, 0.05) is 25.0 Å². The second-order valence-electron chi connectivity index (χ2n) is 6.51. The van der Waals surface area contributed by atoms with Gasteiger partial charge in [-0.3, -0.25) is 4.99 Å². The standard InChI is InChI=1S/C17H28N4S/c1-3-18-17(19-11-10-13-8-9-13)21(2)12-16-20-14-6-4-5-7-15(14)22-16/h13H,3-12H2,1-2H3,(H,18,19). The molecule has 0 spiro atoms. The molecule has 2 aliphatic carbocycles. The molecule has 22 heavy (non-hydrogen) atoms. The van der Waals surface area contributed by atoms with Gasteiger partial charge < -0.3 is 10.2 Å². The Labute approximate surface area is 138 Å². The molecule has 1 fully saturated rings. The van der Waals surface area contributed by atoms with E-state index in [2.05, 4.69) is 24.2 Å². The number of nitrogens with zero attached hydrogens (tertiary/aromatic N) is 3. The van der Waals surface area contributed by atoms with Crippen LogP contribution in [0, 0.1) is 5.92 Å². The van der Waals surface area contributed by atoms with E-state index in [1.54, 1.807) is 0 Å². The normalized spacial score (nSPS) is 18.2. The maximum absolute atomic E-state index is 4.85. The summed E-state index contributed by atoms with van der Waals surface area (Å²) in [5.41, 5.74) is 1.36. The summed E-state index contributed by atoms with van der Waals surface area (Å²) in [4.78, 5) is 13.4. The van der Waals surface area contributed by atoms with Crippen molar-refractivity contribution in [3.8, 4) is 0 Å². The van der Waals surface area contributed by atoms with Crippen molar-refractivity contribution >= 4 is 17.3 Å². The molecular weight excluding hydrogens is 292 g/mol. The zero-order valence-electron chi connectivity index (χ0n) is 13.9. The Morgan fingerprint density at radius 2 is 2.18 bits per heavy atom. The summed E-state index contributed by atoms with van der Waals surface area (Å²) in [6, 6.07) is 0. The fraction of sp³-hybridized carbons (Fsp3) is 0.765. The third-order valence-corrected chi connectivity index (χ3v) is 5.60. The van der Waals surface area contributed by atoms with Crippen molar-refractivity contribution in [2.24, 2.45) is 10.9 Å². The van der Waals surface area contributed by atoms with E-state index in [4.69, 9.17) is 9.98 Å². The lowest BCUT2D eigenvalue weighted by Crippen LogP contribution is -2.38. The Bertz CT molecular complexity index is 495. The molecule has 0 radical (unpaired) electrons. The summed E-state index contributed by atoms with van der Waals surface area (Å²) in [6.07, 6.45) is 9.10. The van der Waals surface area contributed by atoms with E-state index in [9.17, 15) is 0 Å². The van der Waals surface area contributed by atoms with Gasteiger partial charge in [-0.25, -0.2) is 4.98 Å². The molecule has 0 aromatic carbocycles. The molecule has 0 atom stereocenters. The number of aliphatic imine (C=N–C) groups is 1. The minimum atomic E-state index is 0.868. The van der Waals surface area contributed by atoms with Crippen LogP contribution >= 0.6 is 11.3 Å². The summed E-state index contributed by atoms with van der Waals surface area (Å²) in [6.45, 7) is 4.87. The van der Waals surface area contributed by atoms with Crippen LogP contribution in [0.1, 0.15) is 54.6 Å². The summed E-state index contributed by atoms with van der Waals surface area (Å²) in [5.74, 6) is 1.97. The number of guanidine groups is 1. The van der Waals surface area contributed by atoms with Gasteiger partial charge >= 0.3 is 0 Å². The van der Waals surface area contributed by atoms with Gasteiger partial charge in [0.2, 0.25) is 0 Å². The van der Waals surface area contributed by atoms with Crippen molar-refractivity contribution in [1.82, 2.24) is 15.2 Å². The monoisotopic (exact) mass is 320 g/mol. The quantitative estimate of drug-likeness (QED) is 0.646. The van der Waals surface area contributed by atoms with Gasteiger partial charge in [0.1, 0.15) is 5.01 Å². The van der Waals surface area contributed by atoms with Crippen molar-refractivity contribution < 1.29 is 0 Å². The summed E-state index contributed by atoms with van der Waals surface area (Å²) < 4.78 is 0. The first-order valence-corrected chi connectivity index (χ1v) is 9.54. The molecular formula is C17H28N4S. The van der Waals surface area contributed by atoms with Gasteiger partial charge in [-0.2, -0.15) is 0 Å². The number of aryl methyl sites for hydroxylation is 2. The topological polar surface area (TPSA) is 40.5 Å². The van der Waals surface area contributed by atoms with Crippen molar-refractivity contribution in [3.63, 3.8) is 0 Å². The van der Waals surface area contributed by atoms with Crippen LogP contribution in [0.5, 0.6) is 0 Å². The molecule has 0 unspecified atom stereocenters. The third-order valence-electron chi connectivity index (χ3n) is 4.45. The molecule has 1 aromatic heterocycles. The lowest BCUT2D eigenvalue weighted by molar-refractivity contribution is 0.474. The van der Waals surface area contributed by atoms with Crippen LogP contribution in [0.3, 0.4) is 0 Å². The van der Waals surface area contributed by atoms with Crippen LogP contribution < -0.4 is 5.32 Å². The SMILES string of the molecule is CCNC(=NCCC1CC1)N(C)Cc1nc2c(s1)CCCC2. The van der Waals surface area contributed by atoms with Crippen molar-refractivity contribution in [1.29, 1.82) is 0 Å². The van der Waals surface area contributed by atoms with E-state index in [-0.39, 0.29) is 0 Å². The maximum atomic E-state index is 4.85. The van der Waals surface area contributed by atoms with Crippen molar-refractivity contribution in [3.05, 3.63) is 15.6 Å². The zero-order chi connectivity index (χ0) is 15.4.